The molecular formula is C28H30N2O5S. The fourth-order valence-electron chi connectivity index (χ4n) is 4.34. The molecule has 0 bridgehead atoms. The van der Waals surface area contributed by atoms with Crippen molar-refractivity contribution in [3.8, 4) is 11.3 Å². The molecule has 1 amide bonds. The highest BCUT2D eigenvalue weighted by molar-refractivity contribution is 7.17. The molecule has 0 aliphatic heterocycles. The van der Waals surface area contributed by atoms with E-state index in [1.165, 1.54) is 17.4 Å². The summed E-state index contributed by atoms with van der Waals surface area (Å²) in [5, 5.41) is 3.80. The van der Waals surface area contributed by atoms with Crippen LogP contribution >= 0.6 is 11.3 Å². The molecule has 188 valence electrons. The van der Waals surface area contributed by atoms with Crippen molar-refractivity contribution >= 4 is 34.2 Å². The quantitative estimate of drug-likeness (QED) is 0.406. The first-order valence-corrected chi connectivity index (χ1v) is 12.8. The Labute approximate surface area is 214 Å². The van der Waals surface area contributed by atoms with E-state index in [2.05, 4.69) is 24.1 Å². The molecule has 0 saturated carbocycles. The van der Waals surface area contributed by atoms with Crippen LogP contribution < -0.4 is 5.32 Å². The molecule has 0 unspecified atom stereocenters. The first-order valence-electron chi connectivity index (χ1n) is 12.0. The minimum Gasteiger partial charge on any atom is -0.462 e. The molecular weight excluding hydrogens is 476 g/mol. The first kappa shape index (κ1) is 25.6. The second-order valence-corrected chi connectivity index (χ2v) is 10.7. The number of amides is 1. The number of pyridine rings is 1. The van der Waals surface area contributed by atoms with Gasteiger partial charge in [0.25, 0.3) is 5.91 Å². The Kier molecular flexibility index (Phi) is 7.54. The zero-order valence-corrected chi connectivity index (χ0v) is 21.8. The third-order valence-electron chi connectivity index (χ3n) is 6.17. The average Bonchev–Trinajstić information content (AvgIpc) is 3.18. The van der Waals surface area contributed by atoms with Crippen molar-refractivity contribution in [3.05, 3.63) is 69.7 Å². The third kappa shape index (κ3) is 5.82. The molecule has 3 aromatic rings. The van der Waals surface area contributed by atoms with E-state index in [1.54, 1.807) is 54.8 Å². The van der Waals surface area contributed by atoms with Gasteiger partial charge in [-0.05, 0) is 67.0 Å². The summed E-state index contributed by atoms with van der Waals surface area (Å²) in [6, 6.07) is 10.4. The summed E-state index contributed by atoms with van der Waals surface area (Å²) in [5.41, 5.74) is 4.46. The number of ether oxygens (including phenoxy) is 2. The average molecular weight is 507 g/mol. The summed E-state index contributed by atoms with van der Waals surface area (Å²) in [6.07, 6.45) is 4.40. The molecule has 2 aromatic heterocycles. The molecule has 0 spiro atoms. The summed E-state index contributed by atoms with van der Waals surface area (Å²) in [4.78, 5) is 42.6. The van der Waals surface area contributed by atoms with Gasteiger partial charge in [-0.3, -0.25) is 14.6 Å². The molecule has 1 aliphatic rings. The second kappa shape index (κ2) is 10.6. The number of hydrogen-bond acceptors (Lipinski definition) is 7. The Morgan fingerprint density at radius 2 is 1.92 bits per heavy atom. The largest absolute Gasteiger partial charge is 0.462 e. The predicted octanol–water partition coefficient (Wildman–Crippen LogP) is 5.82. The maximum atomic E-state index is 13.3. The number of benzene rings is 1. The lowest BCUT2D eigenvalue weighted by atomic mass is 9.76. The van der Waals surface area contributed by atoms with Crippen LogP contribution in [0.5, 0.6) is 0 Å². The van der Waals surface area contributed by atoms with Gasteiger partial charge in [-0.2, -0.15) is 0 Å². The fraction of sp³-hybridized carbons (Fsp3) is 0.357. The van der Waals surface area contributed by atoms with Crippen molar-refractivity contribution in [2.24, 2.45) is 5.41 Å². The summed E-state index contributed by atoms with van der Waals surface area (Å²) < 4.78 is 10.2. The van der Waals surface area contributed by atoms with E-state index in [0.717, 1.165) is 30.4 Å². The summed E-state index contributed by atoms with van der Waals surface area (Å²) in [7, 11) is 0. The fourth-order valence-corrected chi connectivity index (χ4v) is 5.85. The van der Waals surface area contributed by atoms with E-state index < -0.39 is 5.97 Å². The molecule has 4 rings (SSSR count). The number of thiophene rings is 1. The van der Waals surface area contributed by atoms with Crippen LogP contribution in [0.25, 0.3) is 11.3 Å². The zero-order valence-electron chi connectivity index (χ0n) is 21.0. The molecule has 1 N–H and O–H groups in total. The standard InChI is InChI=1S/C28H30N2O5S/c1-5-34-27(33)20-10-12-29-22(14-20)24-21-9-11-28(3,4)15-23(21)36-26(24)30-25(32)19-8-6-7-18(13-19)16-35-17(2)31/h6-8,10,12-14H,5,9,11,15-16H2,1-4H3,(H,30,32). The number of hydrogen-bond donors (Lipinski definition) is 1. The van der Waals surface area contributed by atoms with Crippen molar-refractivity contribution in [2.45, 2.75) is 53.6 Å². The highest BCUT2D eigenvalue weighted by Gasteiger charge is 2.31. The van der Waals surface area contributed by atoms with Gasteiger partial charge < -0.3 is 14.8 Å². The van der Waals surface area contributed by atoms with Gasteiger partial charge >= 0.3 is 11.9 Å². The van der Waals surface area contributed by atoms with Crippen LogP contribution in [0, 0.1) is 5.41 Å². The first-order chi connectivity index (χ1) is 17.2. The second-order valence-electron chi connectivity index (χ2n) is 9.63. The van der Waals surface area contributed by atoms with Crippen LogP contribution in [0.2, 0.25) is 0 Å². The summed E-state index contributed by atoms with van der Waals surface area (Å²) in [5.74, 6) is -1.04. The van der Waals surface area contributed by atoms with E-state index in [9.17, 15) is 14.4 Å². The predicted molar refractivity (Wildman–Crippen MR) is 139 cm³/mol. The maximum Gasteiger partial charge on any atom is 0.338 e. The number of carbonyl (C=O) groups is 3. The van der Waals surface area contributed by atoms with Gasteiger partial charge in [-0.15, -0.1) is 11.3 Å². The van der Waals surface area contributed by atoms with Gasteiger partial charge in [-0.1, -0.05) is 26.0 Å². The van der Waals surface area contributed by atoms with Crippen molar-refractivity contribution in [3.63, 3.8) is 0 Å². The number of aromatic nitrogens is 1. The zero-order chi connectivity index (χ0) is 25.9. The monoisotopic (exact) mass is 506 g/mol. The lowest BCUT2D eigenvalue weighted by Crippen LogP contribution is -2.21. The van der Waals surface area contributed by atoms with Gasteiger partial charge in [0.1, 0.15) is 11.6 Å². The number of rotatable bonds is 7. The Hall–Kier alpha value is -3.52. The highest BCUT2D eigenvalue weighted by Crippen LogP contribution is 2.47. The minimum atomic E-state index is -0.401. The van der Waals surface area contributed by atoms with E-state index in [1.807, 2.05) is 6.07 Å². The number of anilines is 1. The van der Waals surface area contributed by atoms with Crippen LogP contribution in [-0.2, 0) is 33.7 Å². The SMILES string of the molecule is CCOC(=O)c1ccnc(-c2c(NC(=O)c3cccc(COC(C)=O)c3)sc3c2CCC(C)(C)C3)c1. The normalized spacial score (nSPS) is 14.0. The van der Waals surface area contributed by atoms with E-state index in [0.29, 0.717) is 21.8 Å². The topological polar surface area (TPSA) is 94.6 Å². The number of carbonyl (C=O) groups excluding carboxylic acids is 3. The van der Waals surface area contributed by atoms with Crippen LogP contribution in [0.15, 0.2) is 42.6 Å². The smallest absolute Gasteiger partial charge is 0.338 e. The van der Waals surface area contributed by atoms with Crippen molar-refractivity contribution in [2.75, 3.05) is 11.9 Å². The molecule has 1 aromatic carbocycles. The minimum absolute atomic E-state index is 0.106. The molecule has 0 fully saturated rings. The number of nitrogens with zero attached hydrogens (tertiary/aromatic N) is 1. The number of esters is 2. The molecule has 0 saturated heterocycles. The Morgan fingerprint density at radius 1 is 1.11 bits per heavy atom. The molecule has 0 atom stereocenters. The lowest BCUT2D eigenvalue weighted by molar-refractivity contribution is -0.142. The molecule has 8 heteroatoms. The van der Waals surface area contributed by atoms with Crippen LogP contribution in [0.4, 0.5) is 5.00 Å². The van der Waals surface area contributed by atoms with Gasteiger partial charge in [0.2, 0.25) is 0 Å². The molecule has 0 radical (unpaired) electrons. The van der Waals surface area contributed by atoms with Crippen LogP contribution in [0.1, 0.15) is 70.8 Å². The van der Waals surface area contributed by atoms with E-state index in [4.69, 9.17) is 9.47 Å². The van der Waals surface area contributed by atoms with Crippen LogP contribution in [-0.4, -0.2) is 29.4 Å². The lowest BCUT2D eigenvalue weighted by Gasteiger charge is -2.29. The molecule has 1 aliphatic carbocycles. The number of nitrogens with one attached hydrogen (secondary N) is 1. The maximum absolute atomic E-state index is 13.3. The van der Waals surface area contributed by atoms with Gasteiger partial charge in [0, 0.05) is 29.1 Å². The molecule has 2 heterocycles. The van der Waals surface area contributed by atoms with Crippen molar-refractivity contribution in [1.29, 1.82) is 0 Å². The molecule has 7 nitrogen and oxygen atoms in total. The van der Waals surface area contributed by atoms with E-state index in [-0.39, 0.29) is 30.5 Å². The Bertz CT molecular complexity index is 1310. The van der Waals surface area contributed by atoms with Gasteiger partial charge in [0.05, 0.1) is 17.9 Å². The Morgan fingerprint density at radius 3 is 2.67 bits per heavy atom. The third-order valence-corrected chi connectivity index (χ3v) is 7.31. The van der Waals surface area contributed by atoms with Crippen LogP contribution in [0.3, 0.4) is 0 Å². The molecule has 36 heavy (non-hydrogen) atoms. The number of fused-ring (bicyclic) bond motifs is 1. The summed E-state index contributed by atoms with van der Waals surface area (Å²) >= 11 is 1.57. The summed E-state index contributed by atoms with van der Waals surface area (Å²) in [6.45, 7) is 8.02. The highest BCUT2D eigenvalue weighted by atomic mass is 32.1. The van der Waals surface area contributed by atoms with E-state index >= 15 is 0 Å². The van der Waals surface area contributed by atoms with Crippen molar-refractivity contribution < 1.29 is 23.9 Å². The van der Waals surface area contributed by atoms with Crippen molar-refractivity contribution in [1.82, 2.24) is 4.98 Å². The van der Waals surface area contributed by atoms with Gasteiger partial charge in [-0.25, -0.2) is 4.79 Å². The van der Waals surface area contributed by atoms with Gasteiger partial charge in [0.15, 0.2) is 0 Å². The Balaban J connectivity index is 1.70.